The molecule has 1 aromatic rings. The van der Waals surface area contributed by atoms with Crippen LogP contribution in [-0.4, -0.2) is 25.5 Å². The summed E-state index contributed by atoms with van der Waals surface area (Å²) >= 11 is 0. The number of nitrogens with one attached hydrogen (secondary N) is 1. The molecule has 0 spiro atoms. The summed E-state index contributed by atoms with van der Waals surface area (Å²) in [6.07, 6.45) is 1.17. The molecule has 19 heavy (non-hydrogen) atoms. The maximum atomic E-state index is 11.7. The second kappa shape index (κ2) is 7.53. The molecule has 0 saturated heterocycles. The van der Waals surface area contributed by atoms with E-state index in [1.807, 2.05) is 6.92 Å². The van der Waals surface area contributed by atoms with Gasteiger partial charge in [-0.3, -0.25) is 4.79 Å². The molecular formula is C14H20N2O3. The van der Waals surface area contributed by atoms with Gasteiger partial charge in [0.25, 0.3) is 0 Å². The van der Waals surface area contributed by atoms with Crippen LogP contribution in [0.4, 0.5) is 5.69 Å². The van der Waals surface area contributed by atoms with Crippen LogP contribution in [0.2, 0.25) is 0 Å². The SMILES string of the molecule is COC(=O)c1cccc(NC(=O)CCC(C)CN)c1. The van der Waals surface area contributed by atoms with E-state index in [2.05, 4.69) is 10.1 Å². The molecule has 1 aromatic carbocycles. The van der Waals surface area contributed by atoms with Crippen LogP contribution in [0.5, 0.6) is 0 Å². The van der Waals surface area contributed by atoms with Crippen molar-refractivity contribution < 1.29 is 14.3 Å². The van der Waals surface area contributed by atoms with E-state index in [1.54, 1.807) is 24.3 Å². The Labute approximate surface area is 113 Å². The number of carbonyl (C=O) groups is 2. The molecule has 0 saturated carbocycles. The van der Waals surface area contributed by atoms with Crippen LogP contribution in [-0.2, 0) is 9.53 Å². The zero-order chi connectivity index (χ0) is 14.3. The number of hydrogen-bond acceptors (Lipinski definition) is 4. The van der Waals surface area contributed by atoms with E-state index in [-0.39, 0.29) is 5.91 Å². The third kappa shape index (κ3) is 5.09. The molecule has 3 N–H and O–H groups in total. The van der Waals surface area contributed by atoms with Crippen molar-refractivity contribution in [1.29, 1.82) is 0 Å². The van der Waals surface area contributed by atoms with Gasteiger partial charge in [-0.05, 0) is 37.1 Å². The van der Waals surface area contributed by atoms with Gasteiger partial charge in [0, 0.05) is 12.1 Å². The largest absolute Gasteiger partial charge is 0.465 e. The minimum Gasteiger partial charge on any atom is -0.465 e. The molecule has 0 heterocycles. The highest BCUT2D eigenvalue weighted by Gasteiger charge is 2.08. The molecule has 104 valence electrons. The predicted molar refractivity (Wildman–Crippen MR) is 73.9 cm³/mol. The summed E-state index contributed by atoms with van der Waals surface area (Å²) in [5.41, 5.74) is 6.50. The van der Waals surface area contributed by atoms with E-state index in [4.69, 9.17) is 5.73 Å². The number of amides is 1. The summed E-state index contributed by atoms with van der Waals surface area (Å²) in [6.45, 7) is 2.58. The molecule has 0 radical (unpaired) electrons. The topological polar surface area (TPSA) is 81.4 Å². The third-order valence-electron chi connectivity index (χ3n) is 2.83. The summed E-state index contributed by atoms with van der Waals surface area (Å²) in [6, 6.07) is 6.66. The lowest BCUT2D eigenvalue weighted by Gasteiger charge is -2.09. The lowest BCUT2D eigenvalue weighted by atomic mass is 10.1. The van der Waals surface area contributed by atoms with Crippen LogP contribution in [0.1, 0.15) is 30.1 Å². The van der Waals surface area contributed by atoms with Crippen molar-refractivity contribution in [2.45, 2.75) is 19.8 Å². The first kappa shape index (κ1) is 15.2. The highest BCUT2D eigenvalue weighted by molar-refractivity contribution is 5.94. The number of carbonyl (C=O) groups excluding carboxylic acids is 2. The van der Waals surface area contributed by atoms with E-state index in [1.165, 1.54) is 7.11 Å². The molecule has 0 fully saturated rings. The summed E-state index contributed by atoms with van der Waals surface area (Å²) < 4.78 is 4.62. The van der Waals surface area contributed by atoms with E-state index >= 15 is 0 Å². The Bertz CT molecular complexity index is 446. The standard InChI is InChI=1S/C14H20N2O3/c1-10(9-15)6-7-13(17)16-12-5-3-4-11(8-12)14(18)19-2/h3-5,8,10H,6-7,9,15H2,1-2H3,(H,16,17). The number of ether oxygens (including phenoxy) is 1. The molecule has 0 aliphatic rings. The molecule has 0 bridgehead atoms. The maximum absolute atomic E-state index is 11.7. The van der Waals surface area contributed by atoms with E-state index in [0.717, 1.165) is 6.42 Å². The van der Waals surface area contributed by atoms with Gasteiger partial charge in [0.15, 0.2) is 0 Å². The van der Waals surface area contributed by atoms with Gasteiger partial charge in [0.05, 0.1) is 12.7 Å². The molecule has 0 aliphatic heterocycles. The van der Waals surface area contributed by atoms with Crippen molar-refractivity contribution in [2.24, 2.45) is 11.7 Å². The van der Waals surface area contributed by atoms with Crippen LogP contribution < -0.4 is 11.1 Å². The number of methoxy groups -OCH3 is 1. The van der Waals surface area contributed by atoms with Gasteiger partial charge in [-0.2, -0.15) is 0 Å². The predicted octanol–water partition coefficient (Wildman–Crippen LogP) is 1.79. The smallest absolute Gasteiger partial charge is 0.337 e. The van der Waals surface area contributed by atoms with Crippen LogP contribution in [0.15, 0.2) is 24.3 Å². The van der Waals surface area contributed by atoms with Crippen molar-refractivity contribution in [1.82, 2.24) is 0 Å². The van der Waals surface area contributed by atoms with Gasteiger partial charge in [0.1, 0.15) is 0 Å². The zero-order valence-electron chi connectivity index (χ0n) is 11.3. The van der Waals surface area contributed by atoms with Gasteiger partial charge in [-0.1, -0.05) is 13.0 Å². The molecule has 5 nitrogen and oxygen atoms in total. The van der Waals surface area contributed by atoms with Crippen LogP contribution >= 0.6 is 0 Å². The Morgan fingerprint density at radius 1 is 1.42 bits per heavy atom. The summed E-state index contributed by atoms with van der Waals surface area (Å²) in [5, 5.41) is 2.75. The second-order valence-electron chi connectivity index (χ2n) is 4.50. The Balaban J connectivity index is 2.57. The quantitative estimate of drug-likeness (QED) is 0.767. The van der Waals surface area contributed by atoms with Gasteiger partial charge in [-0.15, -0.1) is 0 Å². The highest BCUT2D eigenvalue weighted by atomic mass is 16.5. The Morgan fingerprint density at radius 3 is 2.79 bits per heavy atom. The van der Waals surface area contributed by atoms with E-state index in [0.29, 0.717) is 30.1 Å². The number of anilines is 1. The Morgan fingerprint density at radius 2 is 2.16 bits per heavy atom. The second-order valence-corrected chi connectivity index (χ2v) is 4.50. The Hall–Kier alpha value is -1.88. The van der Waals surface area contributed by atoms with Crippen molar-refractivity contribution in [3.05, 3.63) is 29.8 Å². The van der Waals surface area contributed by atoms with Gasteiger partial charge in [0.2, 0.25) is 5.91 Å². The minimum absolute atomic E-state index is 0.0812. The fraction of sp³-hybridized carbons (Fsp3) is 0.429. The van der Waals surface area contributed by atoms with Gasteiger partial charge < -0.3 is 15.8 Å². The molecule has 1 unspecified atom stereocenters. The van der Waals surface area contributed by atoms with Crippen molar-refractivity contribution in [3.63, 3.8) is 0 Å². The van der Waals surface area contributed by atoms with E-state index < -0.39 is 5.97 Å². The minimum atomic E-state index is -0.423. The molecule has 1 atom stereocenters. The number of hydrogen-bond donors (Lipinski definition) is 2. The fourth-order valence-electron chi connectivity index (χ4n) is 1.56. The highest BCUT2D eigenvalue weighted by Crippen LogP contribution is 2.13. The number of benzene rings is 1. The summed E-state index contributed by atoms with van der Waals surface area (Å²) in [7, 11) is 1.32. The van der Waals surface area contributed by atoms with Crippen molar-refractivity contribution >= 4 is 17.6 Å². The van der Waals surface area contributed by atoms with Gasteiger partial charge in [-0.25, -0.2) is 4.79 Å². The van der Waals surface area contributed by atoms with Crippen LogP contribution in [0.25, 0.3) is 0 Å². The number of nitrogens with two attached hydrogens (primary N) is 1. The summed E-state index contributed by atoms with van der Waals surface area (Å²) in [5.74, 6) is -0.178. The first-order valence-corrected chi connectivity index (χ1v) is 6.25. The van der Waals surface area contributed by atoms with Crippen molar-refractivity contribution in [2.75, 3.05) is 19.0 Å². The number of esters is 1. The third-order valence-corrected chi connectivity index (χ3v) is 2.83. The molecule has 5 heteroatoms. The lowest BCUT2D eigenvalue weighted by Crippen LogP contribution is -2.16. The number of rotatable bonds is 6. The average Bonchev–Trinajstić information content (AvgIpc) is 2.44. The average molecular weight is 264 g/mol. The zero-order valence-corrected chi connectivity index (χ0v) is 11.3. The first-order chi connectivity index (χ1) is 9.06. The fourth-order valence-corrected chi connectivity index (χ4v) is 1.56. The van der Waals surface area contributed by atoms with E-state index in [9.17, 15) is 9.59 Å². The summed E-state index contributed by atoms with van der Waals surface area (Å²) in [4.78, 5) is 23.1. The molecule has 0 aromatic heterocycles. The molecular weight excluding hydrogens is 244 g/mol. The molecule has 0 aliphatic carbocycles. The first-order valence-electron chi connectivity index (χ1n) is 6.25. The monoisotopic (exact) mass is 264 g/mol. The normalized spacial score (nSPS) is 11.7. The van der Waals surface area contributed by atoms with Crippen LogP contribution in [0.3, 0.4) is 0 Å². The maximum Gasteiger partial charge on any atom is 0.337 e. The Kier molecular flexibility index (Phi) is 6.02. The molecule has 1 amide bonds. The molecule has 1 rings (SSSR count). The lowest BCUT2D eigenvalue weighted by molar-refractivity contribution is -0.116. The van der Waals surface area contributed by atoms with Gasteiger partial charge >= 0.3 is 5.97 Å². The van der Waals surface area contributed by atoms with Crippen molar-refractivity contribution in [3.8, 4) is 0 Å². The van der Waals surface area contributed by atoms with Crippen LogP contribution in [0, 0.1) is 5.92 Å².